The quantitative estimate of drug-likeness (QED) is 0.669. The molecule has 0 atom stereocenters. The lowest BCUT2D eigenvalue weighted by Gasteiger charge is -1.90. The van der Waals surface area contributed by atoms with Crippen molar-refractivity contribution in [2.24, 2.45) is 0 Å². The number of rotatable bonds is 1. The van der Waals surface area contributed by atoms with Gasteiger partial charge in [-0.3, -0.25) is 0 Å². The van der Waals surface area contributed by atoms with Crippen molar-refractivity contribution < 1.29 is 0 Å². The van der Waals surface area contributed by atoms with Crippen molar-refractivity contribution >= 4 is 22.8 Å². The Morgan fingerprint density at radius 2 is 2.33 bits per heavy atom. The van der Waals surface area contributed by atoms with E-state index in [1.807, 2.05) is 17.5 Å². The molecule has 3 aromatic rings. The van der Waals surface area contributed by atoms with Gasteiger partial charge in [-0.15, -0.1) is 16.4 Å². The summed E-state index contributed by atoms with van der Waals surface area (Å²) in [5, 5.41) is 6.28. The molecule has 0 aliphatic rings. The smallest absolute Gasteiger partial charge is 0.252 e. The van der Waals surface area contributed by atoms with Gasteiger partial charge >= 0.3 is 0 Å². The summed E-state index contributed by atoms with van der Waals surface area (Å²) < 4.78 is 1.59. The van der Waals surface area contributed by atoms with Gasteiger partial charge in [0.25, 0.3) is 5.78 Å². The van der Waals surface area contributed by atoms with Crippen molar-refractivity contribution in [2.75, 3.05) is 5.73 Å². The first kappa shape index (κ1) is 8.37. The van der Waals surface area contributed by atoms with Gasteiger partial charge in [0, 0.05) is 0 Å². The summed E-state index contributed by atoms with van der Waals surface area (Å²) in [6, 6.07) is 3.94. The number of hydrogen-bond donors (Lipinski definition) is 1. The van der Waals surface area contributed by atoms with Crippen LogP contribution in [-0.4, -0.2) is 19.6 Å². The van der Waals surface area contributed by atoms with Crippen LogP contribution in [0.1, 0.15) is 0 Å². The van der Waals surface area contributed by atoms with E-state index >= 15 is 0 Å². The normalized spacial score (nSPS) is 10.9. The van der Waals surface area contributed by atoms with Crippen molar-refractivity contribution in [3.8, 4) is 10.7 Å². The lowest BCUT2D eigenvalue weighted by molar-refractivity contribution is 0.946. The molecule has 0 saturated carbocycles. The Kier molecular flexibility index (Phi) is 1.69. The molecule has 3 aromatic heterocycles. The number of anilines is 1. The number of hydrogen-bond acceptors (Lipinski definition) is 5. The van der Waals surface area contributed by atoms with Crippen molar-refractivity contribution in [3.05, 3.63) is 29.9 Å². The van der Waals surface area contributed by atoms with E-state index in [9.17, 15) is 0 Å². The minimum Gasteiger partial charge on any atom is -0.396 e. The Morgan fingerprint density at radius 3 is 3.13 bits per heavy atom. The zero-order chi connectivity index (χ0) is 10.3. The van der Waals surface area contributed by atoms with Crippen molar-refractivity contribution in [3.63, 3.8) is 0 Å². The summed E-state index contributed by atoms with van der Waals surface area (Å²) in [4.78, 5) is 9.40. The van der Waals surface area contributed by atoms with Gasteiger partial charge in [0.15, 0.2) is 5.82 Å². The largest absolute Gasteiger partial charge is 0.396 e. The Balaban J connectivity index is 2.22. The van der Waals surface area contributed by atoms with E-state index in [4.69, 9.17) is 5.73 Å². The van der Waals surface area contributed by atoms with Crippen LogP contribution in [0.15, 0.2) is 29.9 Å². The van der Waals surface area contributed by atoms with Gasteiger partial charge < -0.3 is 5.73 Å². The fourth-order valence-electron chi connectivity index (χ4n) is 1.31. The molecular formula is C9H7N5S. The number of aromatic nitrogens is 4. The van der Waals surface area contributed by atoms with E-state index in [1.54, 1.807) is 28.2 Å². The maximum atomic E-state index is 5.60. The van der Waals surface area contributed by atoms with Crippen molar-refractivity contribution in [1.29, 1.82) is 0 Å². The van der Waals surface area contributed by atoms with Gasteiger partial charge in [0.2, 0.25) is 0 Å². The van der Waals surface area contributed by atoms with Gasteiger partial charge in [0.05, 0.1) is 23.0 Å². The predicted octanol–water partition coefficient (Wildman–Crippen LogP) is 1.44. The number of nitrogen functional groups attached to an aromatic ring is 1. The molecule has 15 heavy (non-hydrogen) atoms. The summed E-state index contributed by atoms with van der Waals surface area (Å²) in [7, 11) is 0. The van der Waals surface area contributed by atoms with Crippen LogP contribution in [0.4, 0.5) is 5.69 Å². The van der Waals surface area contributed by atoms with Gasteiger partial charge in [-0.25, -0.2) is 9.50 Å². The second-order valence-corrected chi connectivity index (χ2v) is 3.99. The second-order valence-electron chi connectivity index (χ2n) is 3.04. The van der Waals surface area contributed by atoms with Gasteiger partial charge in [0.1, 0.15) is 0 Å². The molecule has 74 valence electrons. The Labute approximate surface area is 89.2 Å². The molecule has 6 heteroatoms. The first-order valence-corrected chi connectivity index (χ1v) is 5.23. The first-order chi connectivity index (χ1) is 7.33. The van der Waals surface area contributed by atoms with Crippen LogP contribution < -0.4 is 5.73 Å². The maximum Gasteiger partial charge on any atom is 0.252 e. The summed E-state index contributed by atoms with van der Waals surface area (Å²) in [6.07, 6.45) is 3.27. The average molecular weight is 217 g/mol. The minimum absolute atomic E-state index is 0.563. The second kappa shape index (κ2) is 3.03. The summed E-state index contributed by atoms with van der Waals surface area (Å²) in [5.74, 6) is 1.25. The minimum atomic E-state index is 0.563. The lowest BCUT2D eigenvalue weighted by atomic mass is 10.4. The highest BCUT2D eigenvalue weighted by atomic mass is 32.1. The SMILES string of the molecule is Nc1cnc2nc(-c3cccs3)nn2c1. The molecule has 0 amide bonds. The molecule has 0 unspecified atom stereocenters. The van der Waals surface area contributed by atoms with Crippen LogP contribution in [0.2, 0.25) is 0 Å². The molecule has 0 radical (unpaired) electrons. The van der Waals surface area contributed by atoms with Crippen molar-refractivity contribution in [2.45, 2.75) is 0 Å². The fourth-order valence-corrected chi connectivity index (χ4v) is 1.96. The van der Waals surface area contributed by atoms with Gasteiger partial charge in [-0.05, 0) is 11.4 Å². The summed E-state index contributed by atoms with van der Waals surface area (Å²) >= 11 is 1.60. The van der Waals surface area contributed by atoms with E-state index in [0.717, 1.165) is 4.88 Å². The molecule has 0 spiro atoms. The highest BCUT2D eigenvalue weighted by molar-refractivity contribution is 7.13. The van der Waals surface area contributed by atoms with E-state index in [-0.39, 0.29) is 0 Å². The highest BCUT2D eigenvalue weighted by Crippen LogP contribution is 2.21. The third kappa shape index (κ3) is 1.35. The molecule has 0 fully saturated rings. The van der Waals surface area contributed by atoms with Crippen LogP contribution in [0.3, 0.4) is 0 Å². The third-order valence-corrected chi connectivity index (χ3v) is 2.82. The van der Waals surface area contributed by atoms with Gasteiger partial charge in [-0.2, -0.15) is 4.98 Å². The number of nitrogens with zero attached hydrogens (tertiary/aromatic N) is 4. The van der Waals surface area contributed by atoms with Crippen LogP contribution in [0.25, 0.3) is 16.5 Å². The molecular weight excluding hydrogens is 210 g/mol. The van der Waals surface area contributed by atoms with Crippen molar-refractivity contribution in [1.82, 2.24) is 19.6 Å². The van der Waals surface area contributed by atoms with Gasteiger partial charge in [-0.1, -0.05) is 6.07 Å². The van der Waals surface area contributed by atoms with Crippen LogP contribution in [0, 0.1) is 0 Å². The predicted molar refractivity (Wildman–Crippen MR) is 58.5 cm³/mol. The average Bonchev–Trinajstić information content (AvgIpc) is 2.84. The number of thiophene rings is 1. The fraction of sp³-hybridized carbons (Fsp3) is 0. The summed E-state index contributed by atoms with van der Waals surface area (Å²) in [5.41, 5.74) is 6.18. The molecule has 2 N–H and O–H groups in total. The Morgan fingerprint density at radius 1 is 1.40 bits per heavy atom. The molecule has 0 saturated heterocycles. The van der Waals surface area contributed by atoms with Crippen LogP contribution in [-0.2, 0) is 0 Å². The lowest BCUT2D eigenvalue weighted by Crippen LogP contribution is -1.94. The molecule has 0 aliphatic heterocycles. The first-order valence-electron chi connectivity index (χ1n) is 4.35. The molecule has 5 nitrogen and oxygen atoms in total. The van der Waals surface area contributed by atoms with E-state index < -0.39 is 0 Å². The Bertz CT molecular complexity index is 598. The van der Waals surface area contributed by atoms with Crippen LogP contribution >= 0.6 is 11.3 Å². The molecule has 0 aromatic carbocycles. The molecule has 0 bridgehead atoms. The Hall–Kier alpha value is -1.95. The third-order valence-electron chi connectivity index (χ3n) is 1.96. The van der Waals surface area contributed by atoms with E-state index in [1.165, 1.54) is 0 Å². The molecule has 3 heterocycles. The number of nitrogens with two attached hydrogens (primary N) is 1. The summed E-state index contributed by atoms with van der Waals surface area (Å²) in [6.45, 7) is 0. The zero-order valence-electron chi connectivity index (χ0n) is 7.66. The topological polar surface area (TPSA) is 69.1 Å². The molecule has 0 aliphatic carbocycles. The molecule has 3 rings (SSSR count). The standard InChI is InChI=1S/C9H7N5S/c10-6-4-11-9-12-8(13-14(9)5-6)7-2-1-3-15-7/h1-5H,10H2. The monoisotopic (exact) mass is 217 g/mol. The van der Waals surface area contributed by atoms with E-state index in [0.29, 0.717) is 17.3 Å². The highest BCUT2D eigenvalue weighted by Gasteiger charge is 2.07. The van der Waals surface area contributed by atoms with Crippen LogP contribution in [0.5, 0.6) is 0 Å². The maximum absolute atomic E-state index is 5.60. The van der Waals surface area contributed by atoms with E-state index in [2.05, 4.69) is 15.1 Å². The zero-order valence-corrected chi connectivity index (χ0v) is 8.48. The number of fused-ring (bicyclic) bond motifs is 1.